The molecular weight excluding hydrogens is 469 g/mol. The molecule has 0 radical (unpaired) electrons. The second-order valence-corrected chi connectivity index (χ2v) is 6.55. The number of ether oxygens (including phenoxy) is 1. The Bertz CT molecular complexity index is 717. The first-order chi connectivity index (χ1) is 13.3. The van der Waals surface area contributed by atoms with Crippen molar-refractivity contribution in [1.82, 2.24) is 30.3 Å². The molecule has 1 aliphatic rings. The van der Waals surface area contributed by atoms with Crippen LogP contribution in [0.25, 0.3) is 5.82 Å². The number of aromatic nitrogens is 3. The van der Waals surface area contributed by atoms with Gasteiger partial charge in [-0.3, -0.25) is 4.90 Å². The summed E-state index contributed by atoms with van der Waals surface area (Å²) in [6, 6.07) is 6.31. The van der Waals surface area contributed by atoms with Gasteiger partial charge in [0.25, 0.3) is 0 Å². The molecule has 154 valence electrons. The zero-order valence-electron chi connectivity index (χ0n) is 16.5. The van der Waals surface area contributed by atoms with E-state index in [4.69, 9.17) is 9.73 Å². The van der Waals surface area contributed by atoms with Crippen molar-refractivity contribution in [2.75, 3.05) is 39.4 Å². The zero-order valence-corrected chi connectivity index (χ0v) is 18.9. The number of hydrogen-bond donors (Lipinski definition) is 2. The first-order valence-corrected chi connectivity index (χ1v) is 9.55. The zero-order chi connectivity index (χ0) is 18.9. The lowest BCUT2D eigenvalue weighted by Gasteiger charge is -2.32. The smallest absolute Gasteiger partial charge is 0.191 e. The molecule has 1 atom stereocenters. The van der Waals surface area contributed by atoms with Crippen LogP contribution in [0, 0.1) is 0 Å². The first-order valence-electron chi connectivity index (χ1n) is 9.55. The van der Waals surface area contributed by atoms with Crippen LogP contribution in [0.5, 0.6) is 0 Å². The van der Waals surface area contributed by atoms with Crippen LogP contribution in [0.3, 0.4) is 0 Å². The summed E-state index contributed by atoms with van der Waals surface area (Å²) in [6.07, 6.45) is 5.42. The molecule has 0 aromatic carbocycles. The van der Waals surface area contributed by atoms with Crippen LogP contribution in [0.1, 0.15) is 19.4 Å². The molecule has 28 heavy (non-hydrogen) atoms. The lowest BCUT2D eigenvalue weighted by atomic mass is 10.2. The van der Waals surface area contributed by atoms with E-state index in [0.717, 1.165) is 56.7 Å². The van der Waals surface area contributed by atoms with E-state index in [1.807, 2.05) is 24.4 Å². The summed E-state index contributed by atoms with van der Waals surface area (Å²) in [5, 5.41) is 11.0. The van der Waals surface area contributed by atoms with E-state index in [-0.39, 0.29) is 24.0 Å². The van der Waals surface area contributed by atoms with Gasteiger partial charge in [-0.2, -0.15) is 5.10 Å². The van der Waals surface area contributed by atoms with Crippen molar-refractivity contribution in [2.24, 2.45) is 4.99 Å². The summed E-state index contributed by atoms with van der Waals surface area (Å²) < 4.78 is 7.18. The third kappa shape index (κ3) is 6.71. The van der Waals surface area contributed by atoms with Gasteiger partial charge in [0.05, 0.1) is 19.8 Å². The molecule has 0 aliphatic carbocycles. The van der Waals surface area contributed by atoms with Gasteiger partial charge in [-0.25, -0.2) is 14.7 Å². The highest BCUT2D eigenvalue weighted by Gasteiger charge is 2.16. The Morgan fingerprint density at radius 3 is 2.82 bits per heavy atom. The van der Waals surface area contributed by atoms with E-state index in [2.05, 4.69) is 39.5 Å². The van der Waals surface area contributed by atoms with Crippen molar-refractivity contribution < 1.29 is 4.74 Å². The maximum Gasteiger partial charge on any atom is 0.191 e. The van der Waals surface area contributed by atoms with Crippen LogP contribution in [-0.2, 0) is 11.3 Å². The molecule has 0 spiro atoms. The van der Waals surface area contributed by atoms with Crippen molar-refractivity contribution in [3.63, 3.8) is 0 Å². The fourth-order valence-electron chi connectivity index (χ4n) is 2.99. The summed E-state index contributed by atoms with van der Waals surface area (Å²) in [7, 11) is 0. The molecule has 0 amide bonds. The number of nitrogens with zero attached hydrogens (tertiary/aromatic N) is 5. The molecular formula is C19H30IN7O. The summed E-state index contributed by atoms with van der Waals surface area (Å²) in [4.78, 5) is 11.5. The van der Waals surface area contributed by atoms with Gasteiger partial charge < -0.3 is 15.4 Å². The quantitative estimate of drug-likeness (QED) is 0.343. The predicted molar refractivity (Wildman–Crippen MR) is 121 cm³/mol. The molecule has 1 aliphatic heterocycles. The molecule has 2 aromatic heterocycles. The number of morpholine rings is 1. The highest BCUT2D eigenvalue weighted by molar-refractivity contribution is 14.0. The van der Waals surface area contributed by atoms with Crippen LogP contribution >= 0.6 is 24.0 Å². The minimum atomic E-state index is 0. The number of halogens is 1. The van der Waals surface area contributed by atoms with Gasteiger partial charge in [0.15, 0.2) is 11.8 Å². The number of guanidine groups is 1. The standard InChI is InChI=1S/C19H29N7O.HI/c1-3-20-19(22-14-16(2)25-9-11-27-12-10-25)23-15-17-5-7-21-18(13-17)26-8-4-6-24-26;/h4-8,13,16H,3,9-12,14-15H2,1-2H3,(H2,20,22,23);1H. The highest BCUT2D eigenvalue weighted by Crippen LogP contribution is 2.07. The average Bonchev–Trinajstić information content (AvgIpc) is 3.26. The summed E-state index contributed by atoms with van der Waals surface area (Å²) in [5.41, 5.74) is 1.09. The molecule has 3 heterocycles. The van der Waals surface area contributed by atoms with E-state index < -0.39 is 0 Å². The van der Waals surface area contributed by atoms with Gasteiger partial charge in [0.1, 0.15) is 0 Å². The summed E-state index contributed by atoms with van der Waals surface area (Å²) in [5.74, 6) is 1.63. The second-order valence-electron chi connectivity index (χ2n) is 6.55. The van der Waals surface area contributed by atoms with Crippen LogP contribution in [0.2, 0.25) is 0 Å². The second kappa shape index (κ2) is 12.0. The topological polar surface area (TPSA) is 79.6 Å². The third-order valence-corrected chi connectivity index (χ3v) is 4.55. The van der Waals surface area contributed by atoms with E-state index in [1.165, 1.54) is 0 Å². The van der Waals surface area contributed by atoms with Crippen molar-refractivity contribution in [1.29, 1.82) is 0 Å². The van der Waals surface area contributed by atoms with E-state index in [0.29, 0.717) is 12.6 Å². The molecule has 2 aromatic rings. The maximum absolute atomic E-state index is 5.43. The van der Waals surface area contributed by atoms with Crippen molar-refractivity contribution in [3.8, 4) is 5.82 Å². The number of pyridine rings is 1. The average molecular weight is 499 g/mol. The number of nitrogens with one attached hydrogen (secondary N) is 2. The molecule has 1 saturated heterocycles. The largest absolute Gasteiger partial charge is 0.379 e. The fourth-order valence-corrected chi connectivity index (χ4v) is 2.99. The van der Waals surface area contributed by atoms with E-state index >= 15 is 0 Å². The molecule has 1 fully saturated rings. The van der Waals surface area contributed by atoms with E-state index in [9.17, 15) is 0 Å². The Kier molecular flexibility index (Phi) is 9.65. The lowest BCUT2D eigenvalue weighted by molar-refractivity contribution is 0.0211. The molecule has 3 rings (SSSR count). The monoisotopic (exact) mass is 499 g/mol. The lowest BCUT2D eigenvalue weighted by Crippen LogP contribution is -2.49. The Labute approximate surface area is 183 Å². The molecule has 1 unspecified atom stereocenters. The number of rotatable bonds is 7. The number of aliphatic imine (C=N–C) groups is 1. The normalized spacial score (nSPS) is 16.3. The maximum atomic E-state index is 5.43. The number of hydrogen-bond acceptors (Lipinski definition) is 5. The molecule has 9 heteroatoms. The molecule has 2 N–H and O–H groups in total. The Balaban J connectivity index is 0.00000280. The predicted octanol–water partition coefficient (Wildman–Crippen LogP) is 1.66. The first kappa shape index (κ1) is 22.6. The van der Waals surface area contributed by atoms with E-state index in [1.54, 1.807) is 17.1 Å². The third-order valence-electron chi connectivity index (χ3n) is 4.55. The molecule has 0 bridgehead atoms. The van der Waals surface area contributed by atoms with Crippen molar-refractivity contribution >= 4 is 29.9 Å². The van der Waals surface area contributed by atoms with Gasteiger partial charge in [-0.15, -0.1) is 24.0 Å². The van der Waals surface area contributed by atoms with Crippen LogP contribution in [0.4, 0.5) is 0 Å². The summed E-state index contributed by atoms with van der Waals surface area (Å²) >= 11 is 0. The van der Waals surface area contributed by atoms with Gasteiger partial charge in [-0.05, 0) is 37.6 Å². The van der Waals surface area contributed by atoms with Crippen molar-refractivity contribution in [2.45, 2.75) is 26.4 Å². The molecule has 0 saturated carbocycles. The Morgan fingerprint density at radius 1 is 1.29 bits per heavy atom. The minimum Gasteiger partial charge on any atom is -0.379 e. The van der Waals surface area contributed by atoms with Crippen molar-refractivity contribution in [3.05, 3.63) is 42.4 Å². The van der Waals surface area contributed by atoms with Crippen LogP contribution < -0.4 is 10.6 Å². The SMILES string of the molecule is CCNC(=NCc1ccnc(-n2cccn2)c1)NCC(C)N1CCOCC1.I. The minimum absolute atomic E-state index is 0. The summed E-state index contributed by atoms with van der Waals surface area (Å²) in [6.45, 7) is 10.2. The van der Waals surface area contributed by atoms with Gasteiger partial charge in [0.2, 0.25) is 0 Å². The van der Waals surface area contributed by atoms with Crippen LogP contribution in [0.15, 0.2) is 41.8 Å². The Morgan fingerprint density at radius 2 is 2.11 bits per heavy atom. The van der Waals surface area contributed by atoms with Gasteiger partial charge in [-0.1, -0.05) is 0 Å². The highest BCUT2D eigenvalue weighted by atomic mass is 127. The molecule has 8 nitrogen and oxygen atoms in total. The van der Waals surface area contributed by atoms with Crippen LogP contribution in [-0.4, -0.2) is 71.1 Å². The Hall–Kier alpha value is -1.72. The fraction of sp³-hybridized carbons (Fsp3) is 0.526. The van der Waals surface area contributed by atoms with Gasteiger partial charge >= 0.3 is 0 Å². The van der Waals surface area contributed by atoms with Gasteiger partial charge in [0, 0.05) is 50.8 Å².